The Balaban J connectivity index is 1.65. The Labute approximate surface area is 149 Å². The van der Waals surface area contributed by atoms with Crippen molar-refractivity contribution in [3.8, 4) is 5.75 Å². The van der Waals surface area contributed by atoms with E-state index in [9.17, 15) is 4.79 Å². The van der Waals surface area contributed by atoms with Gasteiger partial charge in [-0.15, -0.1) is 0 Å². The molecule has 0 N–H and O–H groups in total. The van der Waals surface area contributed by atoms with Crippen LogP contribution in [0.1, 0.15) is 41.6 Å². The lowest BCUT2D eigenvalue weighted by molar-refractivity contribution is 0.00970. The molecule has 3 rings (SSSR count). The average Bonchev–Trinajstić information content (AvgIpc) is 2.68. The number of hydrogen-bond acceptors (Lipinski definition) is 3. The predicted octanol–water partition coefficient (Wildman–Crippen LogP) is 5.12. The molecule has 130 valence electrons. The molecule has 1 saturated carbocycles. The second-order valence-electron chi connectivity index (χ2n) is 6.39. The first-order chi connectivity index (χ1) is 12.3. The van der Waals surface area contributed by atoms with E-state index in [0.717, 1.165) is 30.6 Å². The van der Waals surface area contributed by atoms with Gasteiger partial charge < -0.3 is 9.47 Å². The molecular weight excluding hydrogens is 312 g/mol. The zero-order chi connectivity index (χ0) is 17.5. The smallest absolute Gasteiger partial charge is 0.338 e. The number of carbonyl (C=O) groups excluding carboxylic acids is 1. The molecule has 0 radical (unpaired) electrons. The minimum Gasteiger partial charge on any atom is -0.497 e. The Bertz CT molecular complexity index is 704. The van der Waals surface area contributed by atoms with Crippen LogP contribution in [0.15, 0.2) is 60.7 Å². The molecule has 3 heteroatoms. The molecule has 0 saturated heterocycles. The van der Waals surface area contributed by atoms with Gasteiger partial charge in [-0.05, 0) is 49.1 Å². The van der Waals surface area contributed by atoms with Crippen molar-refractivity contribution in [2.45, 2.75) is 31.8 Å². The molecule has 2 atom stereocenters. The van der Waals surface area contributed by atoms with Crippen LogP contribution in [0.3, 0.4) is 0 Å². The van der Waals surface area contributed by atoms with Gasteiger partial charge in [-0.25, -0.2) is 4.79 Å². The summed E-state index contributed by atoms with van der Waals surface area (Å²) in [6.45, 7) is 0. The highest BCUT2D eigenvalue weighted by Gasteiger charge is 2.26. The summed E-state index contributed by atoms with van der Waals surface area (Å²) < 4.78 is 11.0. The summed E-state index contributed by atoms with van der Waals surface area (Å²) in [5.41, 5.74) is 1.74. The van der Waals surface area contributed by atoms with Gasteiger partial charge >= 0.3 is 5.97 Å². The summed E-state index contributed by atoms with van der Waals surface area (Å²) in [4.78, 5) is 12.3. The molecule has 0 bridgehead atoms. The third-order valence-electron chi connectivity index (χ3n) is 4.67. The van der Waals surface area contributed by atoms with Crippen LogP contribution in [0.2, 0.25) is 0 Å². The Morgan fingerprint density at radius 2 is 1.72 bits per heavy atom. The molecule has 1 aliphatic carbocycles. The Hall–Kier alpha value is -2.55. The maximum atomic E-state index is 12.3. The molecule has 1 fully saturated rings. The van der Waals surface area contributed by atoms with Crippen molar-refractivity contribution in [1.29, 1.82) is 0 Å². The van der Waals surface area contributed by atoms with Crippen LogP contribution in [-0.4, -0.2) is 19.2 Å². The predicted molar refractivity (Wildman–Crippen MR) is 99.6 cm³/mol. The number of carbonyl (C=O) groups is 1. The quantitative estimate of drug-likeness (QED) is 0.711. The van der Waals surface area contributed by atoms with Crippen LogP contribution >= 0.6 is 0 Å². The first-order valence-electron chi connectivity index (χ1n) is 8.84. The number of rotatable bonds is 5. The van der Waals surface area contributed by atoms with Gasteiger partial charge in [-0.2, -0.15) is 0 Å². The van der Waals surface area contributed by atoms with Gasteiger partial charge in [0.05, 0.1) is 12.7 Å². The summed E-state index contributed by atoms with van der Waals surface area (Å²) in [5.74, 6) is 0.892. The van der Waals surface area contributed by atoms with Crippen LogP contribution in [0.5, 0.6) is 5.75 Å². The topological polar surface area (TPSA) is 35.5 Å². The summed E-state index contributed by atoms with van der Waals surface area (Å²) in [7, 11) is 1.67. The van der Waals surface area contributed by atoms with Gasteiger partial charge in [-0.3, -0.25) is 0 Å². The minimum atomic E-state index is -0.227. The minimum absolute atomic E-state index is 0.0454. The van der Waals surface area contributed by atoms with Crippen molar-refractivity contribution < 1.29 is 14.3 Å². The van der Waals surface area contributed by atoms with Gasteiger partial charge in [0.1, 0.15) is 11.9 Å². The molecule has 0 spiro atoms. The van der Waals surface area contributed by atoms with Crippen molar-refractivity contribution >= 4 is 12.0 Å². The summed E-state index contributed by atoms with van der Waals surface area (Å²) >= 11 is 0. The van der Waals surface area contributed by atoms with Crippen molar-refractivity contribution in [2.24, 2.45) is 5.92 Å². The average molecular weight is 336 g/mol. The number of benzene rings is 2. The van der Waals surface area contributed by atoms with Crippen LogP contribution in [-0.2, 0) is 4.74 Å². The van der Waals surface area contributed by atoms with Crippen LogP contribution in [0.4, 0.5) is 0 Å². The monoisotopic (exact) mass is 336 g/mol. The molecule has 25 heavy (non-hydrogen) atoms. The zero-order valence-electron chi connectivity index (χ0n) is 14.6. The molecule has 0 unspecified atom stereocenters. The molecule has 1 aliphatic rings. The maximum absolute atomic E-state index is 12.3. The van der Waals surface area contributed by atoms with E-state index in [2.05, 4.69) is 12.2 Å². The summed E-state index contributed by atoms with van der Waals surface area (Å²) in [5, 5.41) is 0. The Morgan fingerprint density at radius 1 is 1.00 bits per heavy atom. The lowest BCUT2D eigenvalue weighted by Gasteiger charge is -2.29. The standard InChI is InChI=1S/C22H24O3/c1-24-20-15-12-17(13-16-20)11-14-18-7-5-6-10-21(18)25-22(23)19-8-3-2-4-9-19/h2-4,8-9,11-16,18,21H,5-7,10H2,1H3/b14-11+/t18-,21-/m0/s1. The second kappa shape index (κ2) is 8.52. The van der Waals surface area contributed by atoms with E-state index in [1.807, 2.05) is 42.5 Å². The summed E-state index contributed by atoms with van der Waals surface area (Å²) in [6.07, 6.45) is 8.52. The fourth-order valence-electron chi connectivity index (χ4n) is 3.22. The second-order valence-corrected chi connectivity index (χ2v) is 6.39. The molecular formula is C22H24O3. The maximum Gasteiger partial charge on any atom is 0.338 e. The number of esters is 1. The van der Waals surface area contributed by atoms with Crippen LogP contribution in [0.25, 0.3) is 6.08 Å². The van der Waals surface area contributed by atoms with E-state index in [4.69, 9.17) is 9.47 Å². The molecule has 2 aromatic rings. The number of methoxy groups -OCH3 is 1. The van der Waals surface area contributed by atoms with Crippen LogP contribution in [0, 0.1) is 5.92 Å². The highest BCUT2D eigenvalue weighted by atomic mass is 16.5. The van der Waals surface area contributed by atoms with Gasteiger partial charge in [0, 0.05) is 5.92 Å². The van der Waals surface area contributed by atoms with Gasteiger partial charge in [-0.1, -0.05) is 48.9 Å². The normalized spacial score (nSPS) is 20.4. The number of ether oxygens (including phenoxy) is 2. The Morgan fingerprint density at radius 3 is 2.44 bits per heavy atom. The van der Waals surface area contributed by atoms with Crippen molar-refractivity contribution in [3.05, 3.63) is 71.8 Å². The Kier molecular flexibility index (Phi) is 5.89. The lowest BCUT2D eigenvalue weighted by Crippen LogP contribution is -2.29. The fraction of sp³-hybridized carbons (Fsp3) is 0.318. The number of hydrogen-bond donors (Lipinski definition) is 0. The van der Waals surface area contributed by atoms with Gasteiger partial charge in [0.2, 0.25) is 0 Å². The highest BCUT2D eigenvalue weighted by Crippen LogP contribution is 2.29. The molecule has 2 aromatic carbocycles. The molecule has 3 nitrogen and oxygen atoms in total. The van der Waals surface area contributed by atoms with E-state index < -0.39 is 0 Å². The van der Waals surface area contributed by atoms with E-state index in [-0.39, 0.29) is 18.0 Å². The first kappa shape index (κ1) is 17.3. The van der Waals surface area contributed by atoms with Crippen molar-refractivity contribution in [3.63, 3.8) is 0 Å². The largest absolute Gasteiger partial charge is 0.497 e. The molecule has 0 aliphatic heterocycles. The van der Waals surface area contributed by atoms with Gasteiger partial charge in [0.15, 0.2) is 0 Å². The van der Waals surface area contributed by atoms with E-state index in [1.54, 1.807) is 19.2 Å². The fourth-order valence-corrected chi connectivity index (χ4v) is 3.22. The van der Waals surface area contributed by atoms with E-state index >= 15 is 0 Å². The SMILES string of the molecule is COc1ccc(/C=C/[C@@H]2CCCC[C@@H]2OC(=O)c2ccccc2)cc1. The molecule has 0 aromatic heterocycles. The molecule has 0 amide bonds. The van der Waals surface area contributed by atoms with Gasteiger partial charge in [0.25, 0.3) is 0 Å². The highest BCUT2D eigenvalue weighted by molar-refractivity contribution is 5.89. The van der Waals surface area contributed by atoms with Crippen LogP contribution < -0.4 is 4.74 Å². The van der Waals surface area contributed by atoms with E-state index in [1.165, 1.54) is 6.42 Å². The molecule has 0 heterocycles. The van der Waals surface area contributed by atoms with Crippen molar-refractivity contribution in [2.75, 3.05) is 7.11 Å². The first-order valence-corrected chi connectivity index (χ1v) is 8.84. The van der Waals surface area contributed by atoms with E-state index in [0.29, 0.717) is 5.56 Å². The third-order valence-corrected chi connectivity index (χ3v) is 4.67. The lowest BCUT2D eigenvalue weighted by atomic mass is 9.85. The zero-order valence-corrected chi connectivity index (χ0v) is 14.6. The van der Waals surface area contributed by atoms with Crippen molar-refractivity contribution in [1.82, 2.24) is 0 Å². The third kappa shape index (κ3) is 4.72. The summed E-state index contributed by atoms with van der Waals surface area (Å²) in [6, 6.07) is 17.2.